The number of nitrogens with one attached hydrogen (secondary N) is 1. The first-order chi connectivity index (χ1) is 10.9. The smallest absolute Gasteiger partial charge is 0.220 e. The third-order valence-corrected chi connectivity index (χ3v) is 3.70. The second kappa shape index (κ2) is 7.16. The minimum absolute atomic E-state index is 0.116. The van der Waals surface area contributed by atoms with Crippen LogP contribution < -0.4 is 21.9 Å². The molecule has 1 aromatic heterocycles. The molecule has 0 aliphatic heterocycles. The summed E-state index contributed by atoms with van der Waals surface area (Å²) in [4.78, 5) is 19.1. The monoisotopic (exact) mass is 334 g/mol. The Morgan fingerprint density at radius 2 is 2.17 bits per heavy atom. The summed E-state index contributed by atoms with van der Waals surface area (Å²) in [7, 11) is -1.34. The molecule has 1 unspecified atom stereocenters. The van der Waals surface area contributed by atoms with Gasteiger partial charge in [0.1, 0.15) is 0 Å². The van der Waals surface area contributed by atoms with Crippen molar-refractivity contribution in [3.8, 4) is 0 Å². The molecule has 1 amide bonds. The molecule has 23 heavy (non-hydrogen) atoms. The highest BCUT2D eigenvalue weighted by atomic mass is 32.2. The van der Waals surface area contributed by atoms with Gasteiger partial charge in [0.25, 0.3) is 0 Å². The van der Waals surface area contributed by atoms with Gasteiger partial charge in [0, 0.05) is 19.7 Å². The van der Waals surface area contributed by atoms with Crippen molar-refractivity contribution < 1.29 is 9.00 Å². The Hall–Kier alpha value is -2.52. The van der Waals surface area contributed by atoms with Gasteiger partial charge in [0.15, 0.2) is 5.82 Å². The number of hydrogen-bond donors (Lipinski definition) is 3. The van der Waals surface area contributed by atoms with Crippen LogP contribution >= 0.6 is 0 Å². The minimum atomic E-state index is -1.34. The van der Waals surface area contributed by atoms with Gasteiger partial charge in [0.05, 0.1) is 28.4 Å². The van der Waals surface area contributed by atoms with Gasteiger partial charge in [-0.25, -0.2) is 10.8 Å². The number of aromatic nitrogens is 2. The fraction of sp³-hybridized carbons (Fsp3) is 0.214. The Morgan fingerprint density at radius 3 is 2.83 bits per heavy atom. The van der Waals surface area contributed by atoms with Crippen LogP contribution in [0.4, 0.5) is 17.2 Å². The van der Waals surface area contributed by atoms with Gasteiger partial charge >= 0.3 is 0 Å². The number of nitrogens with zero attached hydrogens (tertiary/aromatic N) is 3. The molecule has 0 aliphatic rings. The maximum Gasteiger partial charge on any atom is 0.220 e. The van der Waals surface area contributed by atoms with Crippen molar-refractivity contribution in [1.29, 1.82) is 0 Å². The normalized spacial score (nSPS) is 11.8. The topological polar surface area (TPSA) is 127 Å². The van der Waals surface area contributed by atoms with Crippen LogP contribution in [0.1, 0.15) is 12.5 Å². The average Bonchev–Trinajstić information content (AvgIpc) is 2.52. The standard InChI is InChI=1S/C14H18N6O2S/c1-9(21)17-7-10-4-3-5-11(6-10)20(16)13-12(15)8-18-14(19-13)23(2)22/h3-6,8H,7,15-16H2,1-2H3,(H,17,21). The Kier molecular flexibility index (Phi) is 5.24. The molecular weight excluding hydrogens is 316 g/mol. The summed E-state index contributed by atoms with van der Waals surface area (Å²) in [5.41, 5.74) is 7.64. The maximum absolute atomic E-state index is 11.5. The summed E-state index contributed by atoms with van der Waals surface area (Å²) >= 11 is 0. The number of rotatable bonds is 5. The minimum Gasteiger partial charge on any atom is -0.394 e. The largest absolute Gasteiger partial charge is 0.394 e. The van der Waals surface area contributed by atoms with Crippen molar-refractivity contribution in [2.24, 2.45) is 5.84 Å². The number of anilines is 3. The van der Waals surface area contributed by atoms with Gasteiger partial charge in [-0.05, 0) is 17.7 Å². The predicted octanol–water partition coefficient (Wildman–Crippen LogP) is 0.444. The van der Waals surface area contributed by atoms with Crippen LogP contribution in [0.25, 0.3) is 0 Å². The third-order valence-electron chi connectivity index (χ3n) is 2.99. The van der Waals surface area contributed by atoms with E-state index >= 15 is 0 Å². The van der Waals surface area contributed by atoms with E-state index in [1.165, 1.54) is 24.4 Å². The molecule has 2 aromatic rings. The van der Waals surface area contributed by atoms with E-state index in [2.05, 4.69) is 15.3 Å². The summed E-state index contributed by atoms with van der Waals surface area (Å²) in [5.74, 6) is 6.24. The van der Waals surface area contributed by atoms with E-state index in [4.69, 9.17) is 11.6 Å². The number of hydrazine groups is 1. The second-order valence-corrected chi connectivity index (χ2v) is 6.11. The summed E-state index contributed by atoms with van der Waals surface area (Å²) in [5, 5.41) is 4.16. The van der Waals surface area contributed by atoms with Crippen LogP contribution in [0, 0.1) is 0 Å². The fourth-order valence-electron chi connectivity index (χ4n) is 1.86. The van der Waals surface area contributed by atoms with Crippen molar-refractivity contribution in [1.82, 2.24) is 15.3 Å². The number of carbonyl (C=O) groups is 1. The average molecular weight is 334 g/mol. The van der Waals surface area contributed by atoms with Crippen molar-refractivity contribution >= 4 is 33.9 Å². The lowest BCUT2D eigenvalue weighted by molar-refractivity contribution is -0.119. The van der Waals surface area contributed by atoms with E-state index in [1.807, 2.05) is 12.1 Å². The first kappa shape index (κ1) is 16.8. The number of nitrogen functional groups attached to an aromatic ring is 1. The number of amides is 1. The van der Waals surface area contributed by atoms with Gasteiger partial charge in [-0.3, -0.25) is 14.0 Å². The van der Waals surface area contributed by atoms with Crippen LogP contribution in [0.15, 0.2) is 35.6 Å². The molecule has 8 nitrogen and oxygen atoms in total. The van der Waals surface area contributed by atoms with Crippen molar-refractivity contribution in [3.05, 3.63) is 36.0 Å². The van der Waals surface area contributed by atoms with Crippen LogP contribution in [0.2, 0.25) is 0 Å². The maximum atomic E-state index is 11.5. The molecule has 0 fully saturated rings. The molecule has 5 N–H and O–H groups in total. The van der Waals surface area contributed by atoms with Crippen molar-refractivity contribution in [3.63, 3.8) is 0 Å². The first-order valence-corrected chi connectivity index (χ1v) is 8.28. The Labute approximate surface area is 136 Å². The molecule has 0 radical (unpaired) electrons. The summed E-state index contributed by atoms with van der Waals surface area (Å²) in [6.07, 6.45) is 2.85. The number of nitrogens with two attached hydrogens (primary N) is 2. The van der Waals surface area contributed by atoms with Crippen LogP contribution in [0.3, 0.4) is 0 Å². The molecule has 122 valence electrons. The van der Waals surface area contributed by atoms with Gasteiger partial charge in [-0.2, -0.15) is 4.98 Å². The second-order valence-electron chi connectivity index (χ2n) is 4.84. The molecule has 0 bridgehead atoms. The Bertz CT molecular complexity index is 752. The SMILES string of the molecule is CC(=O)NCc1cccc(N(N)c2nc(S(C)=O)ncc2N)c1. The van der Waals surface area contributed by atoms with E-state index in [-0.39, 0.29) is 22.6 Å². The Balaban J connectivity index is 2.31. The molecule has 0 spiro atoms. The highest BCUT2D eigenvalue weighted by Gasteiger charge is 2.14. The molecule has 2 rings (SSSR count). The molecule has 0 saturated heterocycles. The van der Waals surface area contributed by atoms with Gasteiger partial charge < -0.3 is 11.1 Å². The molecule has 1 aromatic carbocycles. The van der Waals surface area contributed by atoms with E-state index in [0.29, 0.717) is 12.2 Å². The van der Waals surface area contributed by atoms with Gasteiger partial charge in [-0.1, -0.05) is 12.1 Å². The van der Waals surface area contributed by atoms with Crippen LogP contribution in [-0.2, 0) is 22.1 Å². The van der Waals surface area contributed by atoms with E-state index in [1.54, 1.807) is 12.1 Å². The number of carbonyl (C=O) groups excluding carboxylic acids is 1. The summed E-state index contributed by atoms with van der Waals surface area (Å²) in [6, 6.07) is 7.26. The predicted molar refractivity (Wildman–Crippen MR) is 89.1 cm³/mol. The van der Waals surface area contributed by atoms with Crippen molar-refractivity contribution in [2.75, 3.05) is 17.0 Å². The van der Waals surface area contributed by atoms with Gasteiger partial charge in [-0.15, -0.1) is 0 Å². The lowest BCUT2D eigenvalue weighted by Crippen LogP contribution is -2.28. The number of benzene rings is 1. The lowest BCUT2D eigenvalue weighted by atomic mass is 10.2. The highest BCUT2D eigenvalue weighted by molar-refractivity contribution is 7.84. The quantitative estimate of drug-likeness (QED) is 0.411. The number of hydrogen-bond acceptors (Lipinski definition) is 7. The fourth-order valence-corrected chi connectivity index (χ4v) is 2.28. The van der Waals surface area contributed by atoms with E-state index in [9.17, 15) is 9.00 Å². The molecule has 1 heterocycles. The van der Waals surface area contributed by atoms with Crippen molar-refractivity contribution in [2.45, 2.75) is 18.6 Å². The molecule has 0 saturated carbocycles. The van der Waals surface area contributed by atoms with Gasteiger partial charge in [0.2, 0.25) is 11.1 Å². The first-order valence-electron chi connectivity index (χ1n) is 6.72. The summed E-state index contributed by atoms with van der Waals surface area (Å²) < 4.78 is 11.5. The molecule has 0 aliphatic carbocycles. The van der Waals surface area contributed by atoms with Crippen LogP contribution in [-0.4, -0.2) is 26.3 Å². The third kappa shape index (κ3) is 4.24. The Morgan fingerprint density at radius 1 is 1.43 bits per heavy atom. The zero-order valence-corrected chi connectivity index (χ0v) is 13.6. The molecule has 9 heteroatoms. The van der Waals surface area contributed by atoms with Crippen LogP contribution in [0.5, 0.6) is 0 Å². The lowest BCUT2D eigenvalue weighted by Gasteiger charge is -2.20. The highest BCUT2D eigenvalue weighted by Crippen LogP contribution is 2.26. The molecular formula is C14H18N6O2S. The summed E-state index contributed by atoms with van der Waals surface area (Å²) in [6.45, 7) is 1.84. The van der Waals surface area contributed by atoms with E-state index in [0.717, 1.165) is 5.56 Å². The van der Waals surface area contributed by atoms with E-state index < -0.39 is 10.8 Å². The zero-order valence-electron chi connectivity index (χ0n) is 12.8. The molecule has 1 atom stereocenters. The zero-order chi connectivity index (χ0) is 17.0.